The molecule has 0 aliphatic heterocycles. The van der Waals surface area contributed by atoms with Gasteiger partial charge in [-0.2, -0.15) is 0 Å². The van der Waals surface area contributed by atoms with Crippen LogP contribution in [0.25, 0.3) is 0 Å². The molecule has 0 radical (unpaired) electrons. The van der Waals surface area contributed by atoms with E-state index in [1.165, 1.54) is 9.75 Å². The van der Waals surface area contributed by atoms with E-state index >= 15 is 0 Å². The summed E-state index contributed by atoms with van der Waals surface area (Å²) in [6.45, 7) is 3.48. The van der Waals surface area contributed by atoms with Crippen molar-refractivity contribution in [2.45, 2.75) is 13.0 Å². The van der Waals surface area contributed by atoms with E-state index in [9.17, 15) is 0 Å². The summed E-state index contributed by atoms with van der Waals surface area (Å²) >= 11 is 3.58. The Balaban J connectivity index is 1.44. The number of hydrogen-bond acceptors (Lipinski definition) is 4. The van der Waals surface area contributed by atoms with E-state index in [0.29, 0.717) is 0 Å². The molecule has 0 saturated carbocycles. The van der Waals surface area contributed by atoms with Gasteiger partial charge in [-0.1, -0.05) is 12.1 Å². The highest BCUT2D eigenvalue weighted by Gasteiger charge is 1.95. The van der Waals surface area contributed by atoms with Crippen LogP contribution in [0.3, 0.4) is 0 Å². The lowest BCUT2D eigenvalue weighted by Crippen LogP contribution is -2.19. The normalized spacial score (nSPS) is 10.8. The third-order valence-corrected chi connectivity index (χ3v) is 4.19. The first-order valence-corrected chi connectivity index (χ1v) is 7.54. The van der Waals surface area contributed by atoms with Crippen LogP contribution in [0.4, 0.5) is 0 Å². The van der Waals surface area contributed by atoms with E-state index in [-0.39, 0.29) is 0 Å². The molecule has 2 aromatic rings. The summed E-state index contributed by atoms with van der Waals surface area (Å²) in [6, 6.07) is 8.47. The van der Waals surface area contributed by atoms with Gasteiger partial charge in [0.05, 0.1) is 13.2 Å². The maximum absolute atomic E-state index is 5.57. The molecule has 0 unspecified atom stereocenters. The maximum atomic E-state index is 5.57. The van der Waals surface area contributed by atoms with Crippen LogP contribution in [0.5, 0.6) is 0 Å². The molecule has 2 rings (SSSR count). The lowest BCUT2D eigenvalue weighted by atomic mass is 10.4. The predicted molar refractivity (Wildman–Crippen MR) is 74.9 cm³/mol. The van der Waals surface area contributed by atoms with Gasteiger partial charge in [0.2, 0.25) is 0 Å². The van der Waals surface area contributed by atoms with Gasteiger partial charge in [0.1, 0.15) is 0 Å². The summed E-state index contributed by atoms with van der Waals surface area (Å²) in [7, 11) is 0. The zero-order valence-corrected chi connectivity index (χ0v) is 11.4. The van der Waals surface area contributed by atoms with Gasteiger partial charge in [-0.15, -0.1) is 22.7 Å². The summed E-state index contributed by atoms with van der Waals surface area (Å²) in [4.78, 5) is 2.78. The van der Waals surface area contributed by atoms with Crippen molar-refractivity contribution in [3.63, 3.8) is 0 Å². The molecule has 0 fully saturated rings. The van der Waals surface area contributed by atoms with E-state index in [4.69, 9.17) is 4.74 Å². The van der Waals surface area contributed by atoms with E-state index in [2.05, 4.69) is 40.3 Å². The molecular formula is C13H17NOS2. The molecule has 4 heteroatoms. The second kappa shape index (κ2) is 7.61. The number of ether oxygens (including phenoxy) is 1. The van der Waals surface area contributed by atoms with Crippen molar-refractivity contribution >= 4 is 22.7 Å². The third-order valence-electron chi connectivity index (χ3n) is 2.38. The zero-order valence-electron chi connectivity index (χ0n) is 9.72. The van der Waals surface area contributed by atoms with E-state index < -0.39 is 0 Å². The van der Waals surface area contributed by atoms with Crippen molar-refractivity contribution in [1.82, 2.24) is 5.32 Å². The molecule has 17 heavy (non-hydrogen) atoms. The molecule has 1 N–H and O–H groups in total. The molecule has 0 saturated heterocycles. The van der Waals surface area contributed by atoms with Gasteiger partial charge in [-0.05, 0) is 22.9 Å². The summed E-state index contributed by atoms with van der Waals surface area (Å²) in [6.07, 6.45) is 1.03. The summed E-state index contributed by atoms with van der Waals surface area (Å²) in [5.74, 6) is 0. The van der Waals surface area contributed by atoms with Crippen LogP contribution < -0.4 is 5.32 Å². The molecule has 0 amide bonds. The van der Waals surface area contributed by atoms with Gasteiger partial charge in [0.25, 0.3) is 0 Å². The van der Waals surface area contributed by atoms with Gasteiger partial charge in [0.15, 0.2) is 0 Å². The van der Waals surface area contributed by atoms with Gasteiger partial charge in [-0.25, -0.2) is 0 Å². The van der Waals surface area contributed by atoms with Crippen LogP contribution in [-0.4, -0.2) is 19.8 Å². The Labute approximate surface area is 110 Å². The molecule has 0 spiro atoms. The largest absolute Gasteiger partial charge is 0.380 e. The van der Waals surface area contributed by atoms with Gasteiger partial charge in [0, 0.05) is 29.3 Å². The second-order valence-electron chi connectivity index (χ2n) is 3.70. The first-order valence-electron chi connectivity index (χ1n) is 5.78. The molecule has 0 atom stereocenters. The molecule has 0 aromatic carbocycles. The molecule has 0 aliphatic rings. The number of nitrogens with one attached hydrogen (secondary N) is 1. The van der Waals surface area contributed by atoms with Crippen LogP contribution >= 0.6 is 22.7 Å². The van der Waals surface area contributed by atoms with E-state index in [1.54, 1.807) is 22.7 Å². The van der Waals surface area contributed by atoms with Gasteiger partial charge in [-0.3, -0.25) is 0 Å². The Morgan fingerprint density at radius 2 is 1.76 bits per heavy atom. The molecule has 0 bridgehead atoms. The minimum absolute atomic E-state index is 0.788. The van der Waals surface area contributed by atoms with Crippen molar-refractivity contribution < 1.29 is 4.74 Å². The highest BCUT2D eigenvalue weighted by atomic mass is 32.1. The molecule has 2 aromatic heterocycles. The SMILES string of the molecule is c1csc(CCOCCNCc2cccs2)c1. The summed E-state index contributed by atoms with van der Waals surface area (Å²) in [5.41, 5.74) is 0. The van der Waals surface area contributed by atoms with Crippen molar-refractivity contribution in [1.29, 1.82) is 0 Å². The molecule has 2 nitrogen and oxygen atoms in total. The van der Waals surface area contributed by atoms with Crippen molar-refractivity contribution in [2.75, 3.05) is 19.8 Å². The first-order chi connectivity index (χ1) is 8.45. The summed E-state index contributed by atoms with van der Waals surface area (Å²) < 4.78 is 5.57. The van der Waals surface area contributed by atoms with Crippen LogP contribution in [0.15, 0.2) is 35.0 Å². The fourth-order valence-electron chi connectivity index (χ4n) is 1.50. The van der Waals surface area contributed by atoms with E-state index in [1.807, 2.05) is 0 Å². The first kappa shape index (κ1) is 12.8. The van der Waals surface area contributed by atoms with Gasteiger partial charge < -0.3 is 10.1 Å². The average Bonchev–Trinajstić information content (AvgIpc) is 3.00. The third kappa shape index (κ3) is 5.00. The number of hydrogen-bond donors (Lipinski definition) is 1. The van der Waals surface area contributed by atoms with Crippen molar-refractivity contribution in [2.24, 2.45) is 0 Å². The Morgan fingerprint density at radius 3 is 2.47 bits per heavy atom. The van der Waals surface area contributed by atoms with Crippen LogP contribution in [0.2, 0.25) is 0 Å². The van der Waals surface area contributed by atoms with Crippen molar-refractivity contribution in [3.8, 4) is 0 Å². The summed E-state index contributed by atoms with van der Waals surface area (Å²) in [5, 5.41) is 7.58. The number of rotatable bonds is 8. The Kier molecular flexibility index (Phi) is 5.71. The highest BCUT2D eigenvalue weighted by Crippen LogP contribution is 2.09. The fraction of sp³-hybridized carbons (Fsp3) is 0.385. The quantitative estimate of drug-likeness (QED) is 0.742. The Morgan fingerprint density at radius 1 is 1.00 bits per heavy atom. The molecule has 2 heterocycles. The Bertz CT molecular complexity index is 345. The Hall–Kier alpha value is -0.680. The topological polar surface area (TPSA) is 21.3 Å². The molecular weight excluding hydrogens is 250 g/mol. The minimum atomic E-state index is 0.788. The van der Waals surface area contributed by atoms with Crippen LogP contribution in [0.1, 0.15) is 9.75 Å². The van der Waals surface area contributed by atoms with Gasteiger partial charge >= 0.3 is 0 Å². The molecule has 92 valence electrons. The van der Waals surface area contributed by atoms with E-state index in [0.717, 1.165) is 32.7 Å². The number of thiophene rings is 2. The average molecular weight is 267 g/mol. The molecule has 0 aliphatic carbocycles. The zero-order chi connectivity index (χ0) is 11.8. The van der Waals surface area contributed by atoms with Crippen LogP contribution in [-0.2, 0) is 17.7 Å². The minimum Gasteiger partial charge on any atom is -0.380 e. The maximum Gasteiger partial charge on any atom is 0.0591 e. The monoisotopic (exact) mass is 267 g/mol. The fourth-order valence-corrected chi connectivity index (χ4v) is 2.86. The second-order valence-corrected chi connectivity index (χ2v) is 5.76. The van der Waals surface area contributed by atoms with Crippen molar-refractivity contribution in [3.05, 3.63) is 44.8 Å². The lowest BCUT2D eigenvalue weighted by molar-refractivity contribution is 0.139. The highest BCUT2D eigenvalue weighted by molar-refractivity contribution is 7.10. The predicted octanol–water partition coefficient (Wildman–Crippen LogP) is 3.16. The smallest absolute Gasteiger partial charge is 0.0591 e. The van der Waals surface area contributed by atoms with Crippen LogP contribution in [0, 0.1) is 0 Å². The lowest BCUT2D eigenvalue weighted by Gasteiger charge is -2.04. The standard InChI is InChI=1S/C13H17NOS2/c1-3-12(16-9-1)5-7-15-8-6-14-11-13-4-2-10-17-13/h1-4,9-10,14H,5-8,11H2.